The number of thiazole rings is 1. The predicted molar refractivity (Wildman–Crippen MR) is 162 cm³/mol. The predicted octanol–water partition coefficient (Wildman–Crippen LogP) is 4.05. The summed E-state index contributed by atoms with van der Waals surface area (Å²) in [5.74, 6) is 0.238. The minimum absolute atomic E-state index is 0. The van der Waals surface area contributed by atoms with Crippen molar-refractivity contribution in [3.63, 3.8) is 0 Å². The Morgan fingerprint density at radius 1 is 1.05 bits per heavy atom. The molecule has 2 heterocycles. The lowest BCUT2D eigenvalue weighted by Crippen LogP contribution is -2.50. The summed E-state index contributed by atoms with van der Waals surface area (Å²) in [7, 11) is 1.56. The van der Waals surface area contributed by atoms with Crippen LogP contribution < -0.4 is 9.64 Å². The van der Waals surface area contributed by atoms with Crippen molar-refractivity contribution in [1.82, 2.24) is 19.1 Å². The second-order valence-electron chi connectivity index (χ2n) is 9.30. The Hall–Kier alpha value is -2.68. The first-order valence-corrected chi connectivity index (χ1v) is 15.3. The summed E-state index contributed by atoms with van der Waals surface area (Å²) in [5.41, 5.74) is 0.893. The van der Waals surface area contributed by atoms with E-state index in [4.69, 9.17) is 21.1 Å². The summed E-state index contributed by atoms with van der Waals surface area (Å²) >= 11 is 7.70. The number of sulfonamides is 1. The van der Waals surface area contributed by atoms with Crippen LogP contribution in [0.4, 0.5) is 9.93 Å². The molecule has 0 aliphatic carbocycles. The zero-order valence-electron chi connectivity index (χ0n) is 23.2. The molecule has 41 heavy (non-hydrogen) atoms. The van der Waals surface area contributed by atoms with E-state index < -0.39 is 16.1 Å². The number of nitrogens with zero attached hydrogens (tertiary/aromatic N) is 5. The highest BCUT2D eigenvalue weighted by Gasteiger charge is 2.31. The van der Waals surface area contributed by atoms with Gasteiger partial charge >= 0.3 is 6.09 Å². The Morgan fingerprint density at radius 2 is 1.71 bits per heavy atom. The first kappa shape index (κ1) is 32.8. The van der Waals surface area contributed by atoms with Crippen LogP contribution in [-0.4, -0.2) is 107 Å². The third-order valence-electron chi connectivity index (χ3n) is 6.42. The Balaban J connectivity index is 0.00000462. The first-order chi connectivity index (χ1) is 19.1. The van der Waals surface area contributed by atoms with Gasteiger partial charge in [-0.15, -0.1) is 12.4 Å². The number of aromatic nitrogens is 1. The molecule has 2 aromatic carbocycles. The normalized spacial score (nSPS) is 14.1. The van der Waals surface area contributed by atoms with Crippen LogP contribution >= 0.6 is 35.3 Å². The number of carbonyl (C=O) groups excluding carboxylic acids is 2. The molecule has 2 amide bonds. The minimum atomic E-state index is -3.81. The van der Waals surface area contributed by atoms with Gasteiger partial charge in [-0.1, -0.05) is 22.9 Å². The maximum absolute atomic E-state index is 13.7. The molecule has 0 N–H and O–H groups in total. The number of methoxy groups -OCH3 is 1. The average Bonchev–Trinajstić information content (AvgIpc) is 3.39. The molecule has 4 rings (SSSR count). The molecule has 3 aromatic rings. The molecule has 0 atom stereocenters. The highest BCUT2D eigenvalue weighted by molar-refractivity contribution is 7.89. The van der Waals surface area contributed by atoms with Crippen molar-refractivity contribution < 1.29 is 27.5 Å². The molecule has 1 aliphatic heterocycles. The summed E-state index contributed by atoms with van der Waals surface area (Å²) < 4.78 is 39.0. The average molecular weight is 647 g/mol. The molecule has 1 aliphatic rings. The van der Waals surface area contributed by atoms with Crippen molar-refractivity contribution >= 4 is 72.7 Å². The molecule has 0 bridgehead atoms. The number of rotatable bonds is 9. The van der Waals surface area contributed by atoms with Crippen LogP contribution in [-0.2, 0) is 14.8 Å². The molecular formula is C26H33Cl2N5O6S2. The van der Waals surface area contributed by atoms with E-state index in [0.29, 0.717) is 44.8 Å². The van der Waals surface area contributed by atoms with Crippen LogP contribution in [0.1, 0.15) is 17.3 Å². The summed E-state index contributed by atoms with van der Waals surface area (Å²) in [6.07, 6.45) is -0.449. The number of piperazine rings is 1. The number of likely N-dealkylation sites (N-methyl/N-ethyl adjacent to an activating group) is 1. The van der Waals surface area contributed by atoms with Crippen LogP contribution in [0.3, 0.4) is 0 Å². The third kappa shape index (κ3) is 7.22. The van der Waals surface area contributed by atoms with Gasteiger partial charge in [0.2, 0.25) is 10.0 Å². The van der Waals surface area contributed by atoms with Gasteiger partial charge in [0.05, 0.1) is 28.3 Å². The van der Waals surface area contributed by atoms with Gasteiger partial charge in [0.25, 0.3) is 5.91 Å². The van der Waals surface area contributed by atoms with Crippen LogP contribution in [0.15, 0.2) is 41.3 Å². The largest absolute Gasteiger partial charge is 0.494 e. The van der Waals surface area contributed by atoms with E-state index in [9.17, 15) is 18.0 Å². The van der Waals surface area contributed by atoms with Gasteiger partial charge in [-0.05, 0) is 57.4 Å². The van der Waals surface area contributed by atoms with Crippen LogP contribution in [0.5, 0.6) is 5.75 Å². The topological polar surface area (TPSA) is 113 Å². The number of amides is 2. The Bertz CT molecular complexity index is 1480. The van der Waals surface area contributed by atoms with E-state index in [1.54, 1.807) is 31.1 Å². The number of halogens is 2. The van der Waals surface area contributed by atoms with E-state index >= 15 is 0 Å². The van der Waals surface area contributed by atoms with Crippen LogP contribution in [0.25, 0.3) is 10.2 Å². The molecule has 1 saturated heterocycles. The lowest BCUT2D eigenvalue weighted by molar-refractivity contribution is 0.0933. The molecule has 0 radical (unpaired) electrons. The zero-order chi connectivity index (χ0) is 29.0. The molecule has 0 unspecified atom stereocenters. The molecular weight excluding hydrogens is 613 g/mol. The van der Waals surface area contributed by atoms with E-state index in [1.807, 2.05) is 19.0 Å². The van der Waals surface area contributed by atoms with E-state index in [2.05, 4.69) is 4.98 Å². The van der Waals surface area contributed by atoms with Gasteiger partial charge in [-0.25, -0.2) is 18.2 Å². The molecule has 11 nitrogen and oxygen atoms in total. The molecule has 0 saturated carbocycles. The van der Waals surface area contributed by atoms with E-state index in [1.165, 1.54) is 44.8 Å². The number of benzene rings is 2. The second-order valence-corrected chi connectivity index (χ2v) is 12.6. The molecule has 15 heteroatoms. The fraction of sp³-hybridized carbons (Fsp3) is 0.423. The van der Waals surface area contributed by atoms with E-state index in [-0.39, 0.29) is 56.0 Å². The Kier molecular flexibility index (Phi) is 11.2. The lowest BCUT2D eigenvalue weighted by Gasteiger charge is -2.33. The van der Waals surface area contributed by atoms with E-state index in [0.717, 1.165) is 0 Å². The van der Waals surface area contributed by atoms with Gasteiger partial charge in [-0.2, -0.15) is 4.31 Å². The monoisotopic (exact) mass is 645 g/mol. The number of carbonyl (C=O) groups is 2. The molecule has 224 valence electrons. The van der Waals surface area contributed by atoms with Crippen LogP contribution in [0, 0.1) is 0 Å². The number of anilines is 1. The van der Waals surface area contributed by atoms with Gasteiger partial charge in [-0.3, -0.25) is 9.69 Å². The molecule has 0 spiro atoms. The lowest BCUT2D eigenvalue weighted by atomic mass is 10.2. The van der Waals surface area contributed by atoms with Gasteiger partial charge in [0.15, 0.2) is 5.13 Å². The quantitative estimate of drug-likeness (QED) is 0.343. The number of hydrogen-bond acceptors (Lipinski definition) is 9. The maximum atomic E-state index is 13.7. The number of hydrogen-bond donors (Lipinski definition) is 0. The third-order valence-corrected chi connectivity index (χ3v) is 9.87. The van der Waals surface area contributed by atoms with Crippen molar-refractivity contribution in [2.45, 2.75) is 11.8 Å². The number of ether oxygens (including phenoxy) is 2. The van der Waals surface area contributed by atoms with Crippen molar-refractivity contribution in [3.05, 3.63) is 47.0 Å². The zero-order valence-corrected chi connectivity index (χ0v) is 26.4. The van der Waals surface area contributed by atoms with Gasteiger partial charge in [0.1, 0.15) is 11.3 Å². The minimum Gasteiger partial charge on any atom is -0.494 e. The first-order valence-electron chi connectivity index (χ1n) is 12.7. The van der Waals surface area contributed by atoms with Crippen molar-refractivity contribution in [3.8, 4) is 5.75 Å². The molecule has 1 aromatic heterocycles. The fourth-order valence-electron chi connectivity index (χ4n) is 4.21. The fourth-order valence-corrected chi connectivity index (χ4v) is 6.91. The number of fused-ring (bicyclic) bond motifs is 1. The summed E-state index contributed by atoms with van der Waals surface area (Å²) in [4.78, 5) is 35.4. The molecule has 1 fully saturated rings. The Morgan fingerprint density at radius 3 is 2.29 bits per heavy atom. The summed E-state index contributed by atoms with van der Waals surface area (Å²) in [6.45, 7) is 3.72. The van der Waals surface area contributed by atoms with Crippen molar-refractivity contribution in [2.75, 3.05) is 72.0 Å². The second kappa shape index (κ2) is 14.0. The van der Waals surface area contributed by atoms with Gasteiger partial charge in [0, 0.05) is 44.8 Å². The maximum Gasteiger partial charge on any atom is 0.409 e. The summed E-state index contributed by atoms with van der Waals surface area (Å²) in [6, 6.07) is 9.34. The highest BCUT2D eigenvalue weighted by atomic mass is 35.5. The van der Waals surface area contributed by atoms with Crippen molar-refractivity contribution in [2.24, 2.45) is 0 Å². The van der Waals surface area contributed by atoms with Gasteiger partial charge < -0.3 is 19.3 Å². The highest BCUT2D eigenvalue weighted by Crippen LogP contribution is 2.39. The van der Waals surface area contributed by atoms with Crippen molar-refractivity contribution in [1.29, 1.82) is 0 Å². The standard InChI is InChI=1S/C26H32ClN5O6S2.ClH/c1-5-38-26(34)30-13-15-31(16-14-30)40(35,36)19-8-6-18(7-9-19)24(33)32(17-12-29(2)3)25-28-22-21(37-4)11-10-20(27)23(22)39-25;/h6-11H,5,12-17H2,1-4H3;1H. The Labute approximate surface area is 255 Å². The SMILES string of the molecule is CCOC(=O)N1CCN(S(=O)(=O)c2ccc(C(=O)N(CCN(C)C)c3nc4c(OC)ccc(Cl)c4s3)cc2)CC1.Cl. The summed E-state index contributed by atoms with van der Waals surface area (Å²) in [5, 5.41) is 0.974. The smallest absolute Gasteiger partial charge is 0.409 e. The van der Waals surface area contributed by atoms with Crippen LogP contribution in [0.2, 0.25) is 5.02 Å².